The average molecular weight is 638 g/mol. The highest BCUT2D eigenvalue weighted by Gasteiger charge is 2.35. The molecule has 9 heteroatoms. The predicted octanol–water partition coefficient (Wildman–Crippen LogP) is 10.0. The molecule has 0 N–H and O–H groups in total. The van der Waals surface area contributed by atoms with E-state index >= 15 is 0 Å². The van der Waals surface area contributed by atoms with Gasteiger partial charge in [-0.05, 0) is 109 Å². The van der Waals surface area contributed by atoms with Crippen LogP contribution in [0.1, 0.15) is 29.2 Å². The van der Waals surface area contributed by atoms with E-state index in [0.29, 0.717) is 61.2 Å². The molecule has 0 atom stereocenters. The first kappa shape index (κ1) is 30.1. The van der Waals surface area contributed by atoms with Gasteiger partial charge in [-0.15, -0.1) is 0 Å². The summed E-state index contributed by atoms with van der Waals surface area (Å²) in [5.74, 6) is 0.980. The summed E-state index contributed by atoms with van der Waals surface area (Å²) >= 11 is 20.1. The highest BCUT2D eigenvalue weighted by Crippen LogP contribution is 2.40. The molecule has 214 valence electrons. The molecule has 0 aliphatic carbocycles. The molecule has 0 unspecified atom stereocenters. The maximum Gasteiger partial charge on any atom is 0.271 e. The molecule has 0 saturated carbocycles. The minimum atomic E-state index is -0.210. The van der Waals surface area contributed by atoms with Crippen molar-refractivity contribution in [2.45, 2.75) is 27.4 Å². The number of carbonyl (C=O) groups is 1. The van der Waals surface area contributed by atoms with Crippen molar-refractivity contribution in [3.63, 3.8) is 0 Å². The number of carbonyl (C=O) groups excluding carboxylic acids is 1. The molecule has 0 aromatic heterocycles. The molecule has 5 rings (SSSR count). The van der Waals surface area contributed by atoms with Crippen LogP contribution in [0.15, 0.2) is 88.8 Å². The molecule has 5 nitrogen and oxygen atoms in total. The zero-order valence-electron chi connectivity index (χ0n) is 23.2. The van der Waals surface area contributed by atoms with Crippen molar-refractivity contribution >= 4 is 75.1 Å². The maximum absolute atomic E-state index is 13.8. The SMILES string of the molecule is CCOc1cc(/C=C2/SC(=Nc3ccc(C)c(Cl)c3)N(c3ccc(C)c(Cl)c3)C2=O)ccc1OCc1ccc(Cl)cc1. The molecule has 1 aliphatic heterocycles. The Morgan fingerprint density at radius 3 is 2.24 bits per heavy atom. The number of benzene rings is 4. The second-order valence-electron chi connectivity index (χ2n) is 9.57. The number of halogens is 3. The lowest BCUT2D eigenvalue weighted by Gasteiger charge is -2.16. The summed E-state index contributed by atoms with van der Waals surface area (Å²) in [5.41, 5.74) is 4.91. The molecule has 1 heterocycles. The largest absolute Gasteiger partial charge is 0.490 e. The van der Waals surface area contributed by atoms with E-state index in [-0.39, 0.29) is 5.91 Å². The molecule has 0 bridgehead atoms. The van der Waals surface area contributed by atoms with Gasteiger partial charge in [-0.25, -0.2) is 4.99 Å². The van der Waals surface area contributed by atoms with Gasteiger partial charge in [0.1, 0.15) is 6.61 Å². The van der Waals surface area contributed by atoms with Crippen LogP contribution in [0.2, 0.25) is 15.1 Å². The third-order valence-electron chi connectivity index (χ3n) is 6.47. The van der Waals surface area contributed by atoms with Gasteiger partial charge in [0, 0.05) is 15.1 Å². The lowest BCUT2D eigenvalue weighted by molar-refractivity contribution is -0.113. The number of rotatable bonds is 8. The Labute approximate surface area is 264 Å². The molecule has 4 aromatic carbocycles. The highest BCUT2D eigenvalue weighted by atomic mass is 35.5. The first-order valence-corrected chi connectivity index (χ1v) is 15.2. The maximum atomic E-state index is 13.8. The van der Waals surface area contributed by atoms with Crippen LogP contribution in [0.4, 0.5) is 11.4 Å². The van der Waals surface area contributed by atoms with Gasteiger partial charge >= 0.3 is 0 Å². The second kappa shape index (κ2) is 13.3. The van der Waals surface area contributed by atoms with Gasteiger partial charge in [0.2, 0.25) is 0 Å². The summed E-state index contributed by atoms with van der Waals surface area (Å²) < 4.78 is 11.9. The molecule has 1 saturated heterocycles. The fourth-order valence-corrected chi connectivity index (χ4v) is 5.63. The third kappa shape index (κ3) is 6.96. The van der Waals surface area contributed by atoms with Crippen molar-refractivity contribution in [2.75, 3.05) is 11.5 Å². The van der Waals surface area contributed by atoms with E-state index in [2.05, 4.69) is 0 Å². The molecular formula is C33H27Cl3N2O3S. The smallest absolute Gasteiger partial charge is 0.271 e. The fraction of sp³-hybridized carbons (Fsp3) is 0.152. The third-order valence-corrected chi connectivity index (χ3v) is 8.51. The number of amidine groups is 1. The van der Waals surface area contributed by atoms with Gasteiger partial charge in [-0.2, -0.15) is 0 Å². The Morgan fingerprint density at radius 2 is 1.55 bits per heavy atom. The Bertz CT molecular complexity index is 1700. The normalized spacial score (nSPS) is 15.1. The van der Waals surface area contributed by atoms with Crippen molar-refractivity contribution in [3.8, 4) is 11.5 Å². The molecule has 0 radical (unpaired) electrons. The van der Waals surface area contributed by atoms with Crippen LogP contribution < -0.4 is 14.4 Å². The number of aliphatic imine (C=N–C) groups is 1. The molecule has 1 fully saturated rings. The van der Waals surface area contributed by atoms with Crippen LogP contribution >= 0.6 is 46.6 Å². The van der Waals surface area contributed by atoms with Gasteiger partial charge in [0.05, 0.1) is 22.9 Å². The number of hydrogen-bond donors (Lipinski definition) is 0. The molecule has 1 aliphatic rings. The van der Waals surface area contributed by atoms with Crippen LogP contribution in [0.3, 0.4) is 0 Å². The van der Waals surface area contributed by atoms with Crippen LogP contribution in [0.5, 0.6) is 11.5 Å². The average Bonchev–Trinajstić information content (AvgIpc) is 3.26. The number of anilines is 1. The number of ether oxygens (including phenoxy) is 2. The van der Waals surface area contributed by atoms with E-state index in [0.717, 1.165) is 22.3 Å². The van der Waals surface area contributed by atoms with Crippen LogP contribution in [-0.4, -0.2) is 17.7 Å². The van der Waals surface area contributed by atoms with E-state index in [1.54, 1.807) is 17.0 Å². The Kier molecular flexibility index (Phi) is 9.49. The number of thioether (sulfide) groups is 1. The number of hydrogen-bond acceptors (Lipinski definition) is 5. The molecule has 4 aromatic rings. The predicted molar refractivity (Wildman–Crippen MR) is 176 cm³/mol. The lowest BCUT2D eigenvalue weighted by Crippen LogP contribution is -2.28. The van der Waals surface area contributed by atoms with Gasteiger partial charge in [-0.3, -0.25) is 9.69 Å². The van der Waals surface area contributed by atoms with Crippen molar-refractivity contribution in [1.29, 1.82) is 0 Å². The fourth-order valence-electron chi connectivity index (χ4n) is 4.15. The minimum absolute atomic E-state index is 0.210. The standard InChI is InChI=1S/C33H27Cl3N2O3S/c1-4-40-30-15-23(9-14-29(30)41-19-22-7-10-24(34)11-8-22)16-31-32(39)38(26-13-6-21(3)28(36)18-26)33(42-31)37-25-12-5-20(2)27(35)17-25/h5-18H,4,19H2,1-3H3/b31-16+,37-33?. The van der Waals surface area contributed by atoms with Crippen molar-refractivity contribution in [2.24, 2.45) is 4.99 Å². The van der Waals surface area contributed by atoms with E-state index in [1.165, 1.54) is 11.8 Å². The quantitative estimate of drug-likeness (QED) is 0.180. The highest BCUT2D eigenvalue weighted by molar-refractivity contribution is 8.19. The number of nitrogens with zero attached hydrogens (tertiary/aromatic N) is 2. The second-order valence-corrected chi connectivity index (χ2v) is 11.8. The summed E-state index contributed by atoms with van der Waals surface area (Å²) in [5, 5.41) is 2.34. The van der Waals surface area contributed by atoms with Crippen LogP contribution in [-0.2, 0) is 11.4 Å². The summed E-state index contributed by atoms with van der Waals surface area (Å²) in [4.78, 5) is 20.7. The molecular weight excluding hydrogens is 611 g/mol. The van der Waals surface area contributed by atoms with Crippen LogP contribution in [0.25, 0.3) is 6.08 Å². The van der Waals surface area contributed by atoms with Gasteiger partial charge in [0.15, 0.2) is 16.7 Å². The van der Waals surface area contributed by atoms with Crippen LogP contribution in [0, 0.1) is 13.8 Å². The molecule has 42 heavy (non-hydrogen) atoms. The minimum Gasteiger partial charge on any atom is -0.490 e. The number of amides is 1. The molecule has 1 amide bonds. The van der Waals surface area contributed by atoms with E-state index < -0.39 is 0 Å². The van der Waals surface area contributed by atoms with Gasteiger partial charge in [0.25, 0.3) is 5.91 Å². The Hall–Kier alpha value is -3.42. The summed E-state index contributed by atoms with van der Waals surface area (Å²) in [7, 11) is 0. The Morgan fingerprint density at radius 1 is 0.833 bits per heavy atom. The van der Waals surface area contributed by atoms with Crippen molar-refractivity contribution in [3.05, 3.63) is 121 Å². The first-order chi connectivity index (χ1) is 20.2. The van der Waals surface area contributed by atoms with E-state index in [1.807, 2.05) is 93.6 Å². The number of aryl methyl sites for hydroxylation is 2. The summed E-state index contributed by atoms with van der Waals surface area (Å²) in [6.45, 7) is 6.58. The zero-order valence-corrected chi connectivity index (χ0v) is 26.2. The zero-order chi connectivity index (χ0) is 29.8. The van der Waals surface area contributed by atoms with Crippen molar-refractivity contribution in [1.82, 2.24) is 0 Å². The summed E-state index contributed by atoms with van der Waals surface area (Å²) in [6, 6.07) is 24.2. The van der Waals surface area contributed by atoms with Gasteiger partial charge in [-0.1, -0.05) is 65.1 Å². The monoisotopic (exact) mass is 636 g/mol. The van der Waals surface area contributed by atoms with Gasteiger partial charge < -0.3 is 9.47 Å². The molecule has 0 spiro atoms. The summed E-state index contributed by atoms with van der Waals surface area (Å²) in [6.07, 6.45) is 1.83. The first-order valence-electron chi connectivity index (χ1n) is 13.2. The van der Waals surface area contributed by atoms with E-state index in [9.17, 15) is 4.79 Å². The lowest BCUT2D eigenvalue weighted by atomic mass is 10.1. The topological polar surface area (TPSA) is 51.1 Å². The van der Waals surface area contributed by atoms with E-state index in [4.69, 9.17) is 49.3 Å². The Balaban J connectivity index is 1.47. The van der Waals surface area contributed by atoms with Crippen molar-refractivity contribution < 1.29 is 14.3 Å².